The largest absolute Gasteiger partial charge is 0.496 e. The lowest BCUT2D eigenvalue weighted by Gasteiger charge is -2.28. The van der Waals surface area contributed by atoms with E-state index in [-0.39, 0.29) is 18.8 Å². The van der Waals surface area contributed by atoms with Gasteiger partial charge in [-0.1, -0.05) is 79.3 Å². The molecule has 4 aromatic carbocycles. The van der Waals surface area contributed by atoms with Gasteiger partial charge in [0.1, 0.15) is 18.4 Å². The van der Waals surface area contributed by atoms with Crippen molar-refractivity contribution in [3.05, 3.63) is 132 Å². The molecule has 9 nitrogen and oxygen atoms in total. The second-order valence-corrected chi connectivity index (χ2v) is 12.3. The van der Waals surface area contributed by atoms with Crippen LogP contribution in [0.1, 0.15) is 55.0 Å². The molecule has 10 heteroatoms. The number of aromatic nitrogens is 1. The van der Waals surface area contributed by atoms with Crippen LogP contribution < -0.4 is 29.1 Å². The third-order valence-corrected chi connectivity index (χ3v) is 9.31. The molecule has 0 bridgehead atoms. The number of hydrogen-bond donors (Lipinski definition) is 0. The van der Waals surface area contributed by atoms with E-state index >= 15 is 0 Å². The van der Waals surface area contributed by atoms with Gasteiger partial charge in [-0.3, -0.25) is 9.36 Å². The number of nitrogens with zero attached hydrogens (tertiary/aromatic N) is 3. The summed E-state index contributed by atoms with van der Waals surface area (Å²) in [4.78, 5) is 33.6. The first-order valence-corrected chi connectivity index (χ1v) is 16.8. The Balaban J connectivity index is 1.50. The maximum Gasteiger partial charge on any atom is 0.338 e. The summed E-state index contributed by atoms with van der Waals surface area (Å²) in [5.41, 5.74) is 3.34. The SMILES string of the molecule is CCCC1=C(C(=O)OCC)[C@@H](c2c(OC)ccc3ccccc23)n2c(s/c(=C/c3ccc(OCc4ccccc4C#N)c(OC)c3)c2=O)=N1. The fraction of sp³-hybridized carbons (Fsp3) is 0.231. The zero-order chi connectivity index (χ0) is 34.5. The highest BCUT2D eigenvalue weighted by atomic mass is 32.1. The lowest BCUT2D eigenvalue weighted by molar-refractivity contribution is -0.139. The van der Waals surface area contributed by atoms with Gasteiger partial charge in [0.05, 0.1) is 48.3 Å². The highest BCUT2D eigenvalue weighted by Gasteiger charge is 2.37. The third-order valence-electron chi connectivity index (χ3n) is 8.32. The highest BCUT2D eigenvalue weighted by Crippen LogP contribution is 2.41. The fourth-order valence-corrected chi connectivity index (χ4v) is 7.10. The molecular formula is C39H35N3O6S. The smallest absolute Gasteiger partial charge is 0.338 e. The number of carbonyl (C=O) groups is 1. The topological polar surface area (TPSA) is 112 Å². The summed E-state index contributed by atoms with van der Waals surface area (Å²) in [6, 6.07) is 25.7. The molecule has 0 radical (unpaired) electrons. The van der Waals surface area contributed by atoms with Gasteiger partial charge in [0.15, 0.2) is 16.3 Å². The summed E-state index contributed by atoms with van der Waals surface area (Å²) in [7, 11) is 3.13. The molecule has 0 saturated heterocycles. The van der Waals surface area contributed by atoms with Gasteiger partial charge in [-0.25, -0.2) is 9.79 Å². The van der Waals surface area contributed by atoms with E-state index in [9.17, 15) is 14.9 Å². The number of benzene rings is 4. The van der Waals surface area contributed by atoms with Gasteiger partial charge in [-0.15, -0.1) is 0 Å². The minimum absolute atomic E-state index is 0.179. The third kappa shape index (κ3) is 6.45. The Morgan fingerprint density at radius 3 is 2.49 bits per heavy atom. The van der Waals surface area contributed by atoms with E-state index in [2.05, 4.69) is 6.07 Å². The number of ether oxygens (including phenoxy) is 4. The number of rotatable bonds is 11. The van der Waals surface area contributed by atoms with Crippen molar-refractivity contribution in [2.75, 3.05) is 20.8 Å². The zero-order valence-electron chi connectivity index (χ0n) is 27.7. The van der Waals surface area contributed by atoms with Crippen molar-refractivity contribution in [2.24, 2.45) is 4.99 Å². The van der Waals surface area contributed by atoms with Gasteiger partial charge < -0.3 is 18.9 Å². The lowest BCUT2D eigenvalue weighted by atomic mass is 9.90. The maximum atomic E-state index is 14.5. The van der Waals surface area contributed by atoms with E-state index in [1.54, 1.807) is 50.0 Å². The van der Waals surface area contributed by atoms with Gasteiger partial charge in [-0.2, -0.15) is 5.26 Å². The summed E-state index contributed by atoms with van der Waals surface area (Å²) in [6.45, 7) is 4.16. The number of nitriles is 1. The molecule has 0 unspecified atom stereocenters. The van der Waals surface area contributed by atoms with Crippen LogP contribution in [0.15, 0.2) is 99.9 Å². The van der Waals surface area contributed by atoms with Crippen LogP contribution in [0.4, 0.5) is 0 Å². The minimum Gasteiger partial charge on any atom is -0.496 e. The Bertz CT molecular complexity index is 2310. The molecule has 0 saturated carbocycles. The van der Waals surface area contributed by atoms with Crippen LogP contribution in [0.2, 0.25) is 0 Å². The Labute approximate surface area is 287 Å². The van der Waals surface area contributed by atoms with Gasteiger partial charge in [0, 0.05) is 11.1 Å². The average Bonchev–Trinajstić information content (AvgIpc) is 3.43. The summed E-state index contributed by atoms with van der Waals surface area (Å²) >= 11 is 1.26. The van der Waals surface area contributed by atoms with Crippen molar-refractivity contribution in [2.45, 2.75) is 39.3 Å². The van der Waals surface area contributed by atoms with Crippen LogP contribution in [-0.2, 0) is 16.1 Å². The van der Waals surface area contributed by atoms with Crippen molar-refractivity contribution in [1.29, 1.82) is 5.26 Å². The standard InChI is InChI=1S/C39H35N3O6S/c1-5-11-29-35(38(44)47-6-2)36(34-28-15-10-9-12-25(28)17-19-31(34)45-3)42-37(43)33(49-39(42)41-29)21-24-16-18-30(32(20-24)46-4)48-23-27-14-8-7-13-26(27)22-40/h7-10,12-21,36H,5-6,11,23H2,1-4H3/b33-21+/t36-/m1/s1. The van der Waals surface area contributed by atoms with Crippen molar-refractivity contribution < 1.29 is 23.7 Å². The Morgan fingerprint density at radius 2 is 1.73 bits per heavy atom. The number of hydrogen-bond acceptors (Lipinski definition) is 9. The van der Waals surface area contributed by atoms with E-state index < -0.39 is 12.0 Å². The van der Waals surface area contributed by atoms with Crippen molar-refractivity contribution in [3.8, 4) is 23.3 Å². The summed E-state index contributed by atoms with van der Waals surface area (Å²) in [6.07, 6.45) is 3.05. The zero-order valence-corrected chi connectivity index (χ0v) is 28.5. The van der Waals surface area contributed by atoms with Crippen LogP contribution in [0.5, 0.6) is 17.2 Å². The molecule has 2 heterocycles. The van der Waals surface area contributed by atoms with E-state index in [0.717, 1.165) is 22.8 Å². The van der Waals surface area contributed by atoms with Gasteiger partial charge >= 0.3 is 5.97 Å². The Hall–Kier alpha value is -5.66. The molecule has 0 spiro atoms. The molecule has 6 rings (SSSR count). The molecular weight excluding hydrogens is 639 g/mol. The van der Waals surface area contributed by atoms with E-state index in [1.165, 1.54) is 11.3 Å². The molecule has 0 aliphatic carbocycles. The molecule has 248 valence electrons. The fourth-order valence-electron chi connectivity index (χ4n) is 6.08. The number of methoxy groups -OCH3 is 2. The molecule has 1 aliphatic heterocycles. The quantitative estimate of drug-likeness (QED) is 0.154. The van der Waals surface area contributed by atoms with Crippen LogP contribution in [0.25, 0.3) is 16.8 Å². The number of fused-ring (bicyclic) bond motifs is 2. The monoisotopic (exact) mass is 673 g/mol. The summed E-state index contributed by atoms with van der Waals surface area (Å²) in [5, 5.41) is 11.2. The molecule has 49 heavy (non-hydrogen) atoms. The number of thiazole rings is 1. The van der Waals surface area contributed by atoms with Crippen molar-refractivity contribution >= 4 is 34.2 Å². The summed E-state index contributed by atoms with van der Waals surface area (Å²) in [5.74, 6) is 1.02. The second kappa shape index (κ2) is 14.6. The number of esters is 1. The van der Waals surface area contributed by atoms with Gasteiger partial charge in [-0.05, 0) is 60.0 Å². The highest BCUT2D eigenvalue weighted by molar-refractivity contribution is 7.07. The van der Waals surface area contributed by atoms with Crippen LogP contribution >= 0.6 is 11.3 Å². The number of carbonyl (C=O) groups excluding carboxylic acids is 1. The minimum atomic E-state index is -0.832. The predicted octanol–water partition coefficient (Wildman–Crippen LogP) is 6.20. The molecule has 1 aromatic heterocycles. The Morgan fingerprint density at radius 1 is 0.980 bits per heavy atom. The lowest BCUT2D eigenvalue weighted by Crippen LogP contribution is -2.40. The number of allylic oxidation sites excluding steroid dienone is 1. The molecule has 1 aliphatic rings. The second-order valence-electron chi connectivity index (χ2n) is 11.3. The predicted molar refractivity (Wildman–Crippen MR) is 189 cm³/mol. The first-order chi connectivity index (χ1) is 23.9. The molecule has 5 aromatic rings. The van der Waals surface area contributed by atoms with Gasteiger partial charge in [0.25, 0.3) is 5.56 Å². The van der Waals surface area contributed by atoms with Crippen molar-refractivity contribution in [1.82, 2.24) is 4.57 Å². The van der Waals surface area contributed by atoms with Crippen LogP contribution in [0, 0.1) is 11.3 Å². The first-order valence-electron chi connectivity index (χ1n) is 16.0. The van der Waals surface area contributed by atoms with Gasteiger partial charge in [0.2, 0.25) is 0 Å². The first kappa shape index (κ1) is 33.2. The molecule has 0 fully saturated rings. The van der Waals surface area contributed by atoms with E-state index in [0.29, 0.717) is 61.0 Å². The Kier molecular flexibility index (Phi) is 9.92. The summed E-state index contributed by atoms with van der Waals surface area (Å²) < 4.78 is 25.2. The van der Waals surface area contributed by atoms with E-state index in [1.807, 2.05) is 67.6 Å². The van der Waals surface area contributed by atoms with Crippen LogP contribution in [-0.4, -0.2) is 31.4 Å². The average molecular weight is 674 g/mol. The maximum absolute atomic E-state index is 14.5. The van der Waals surface area contributed by atoms with E-state index in [4.69, 9.17) is 23.9 Å². The van der Waals surface area contributed by atoms with Crippen molar-refractivity contribution in [3.63, 3.8) is 0 Å². The van der Waals surface area contributed by atoms with Crippen LogP contribution in [0.3, 0.4) is 0 Å². The normalized spacial score (nSPS) is 14.2. The molecule has 0 amide bonds. The molecule has 1 atom stereocenters. The molecule has 0 N–H and O–H groups in total.